The number of amides is 1. The fourth-order valence-corrected chi connectivity index (χ4v) is 2.57. The Morgan fingerprint density at radius 2 is 2.09 bits per heavy atom. The van der Waals surface area contributed by atoms with Crippen LogP contribution < -0.4 is 5.32 Å². The van der Waals surface area contributed by atoms with Crippen molar-refractivity contribution in [3.05, 3.63) is 41.8 Å². The van der Waals surface area contributed by atoms with Gasteiger partial charge in [0.25, 0.3) is 5.91 Å². The lowest BCUT2D eigenvalue weighted by molar-refractivity contribution is 0.0943. The van der Waals surface area contributed by atoms with Crippen LogP contribution in [0.2, 0.25) is 0 Å². The van der Waals surface area contributed by atoms with E-state index in [0.29, 0.717) is 29.8 Å². The van der Waals surface area contributed by atoms with E-state index in [1.165, 1.54) is 18.3 Å². The van der Waals surface area contributed by atoms with Crippen LogP contribution >= 0.6 is 0 Å². The average Bonchev–Trinajstić information content (AvgIpc) is 3.03. The topological polar surface area (TPSA) is 78.0 Å². The van der Waals surface area contributed by atoms with Gasteiger partial charge >= 0.3 is 0 Å². The number of H-pyrrole nitrogens is 1. The summed E-state index contributed by atoms with van der Waals surface area (Å²) in [5, 5.41) is 18.7. The maximum atomic E-state index is 13.0. The molecule has 6 heteroatoms. The van der Waals surface area contributed by atoms with Gasteiger partial charge in [-0.2, -0.15) is 5.10 Å². The second-order valence-electron chi connectivity index (χ2n) is 5.54. The Morgan fingerprint density at radius 1 is 1.35 bits per heavy atom. The molecule has 2 rings (SSSR count). The van der Waals surface area contributed by atoms with E-state index in [-0.39, 0.29) is 24.2 Å². The van der Waals surface area contributed by atoms with Gasteiger partial charge in [-0.25, -0.2) is 4.39 Å². The molecule has 1 atom stereocenters. The molecule has 0 aliphatic rings. The van der Waals surface area contributed by atoms with Gasteiger partial charge in [0.05, 0.1) is 17.5 Å². The number of aliphatic hydroxyl groups is 1. The van der Waals surface area contributed by atoms with Crippen LogP contribution in [0.25, 0.3) is 11.3 Å². The lowest BCUT2D eigenvalue weighted by Crippen LogP contribution is -2.29. The lowest BCUT2D eigenvalue weighted by atomic mass is 10.00. The molecule has 0 radical (unpaired) electrons. The predicted octanol–water partition coefficient (Wildman–Crippen LogP) is 2.74. The summed E-state index contributed by atoms with van der Waals surface area (Å²) in [6.07, 6.45) is 4.10. The molecule has 5 nitrogen and oxygen atoms in total. The van der Waals surface area contributed by atoms with E-state index in [2.05, 4.69) is 22.4 Å². The Morgan fingerprint density at radius 3 is 2.74 bits per heavy atom. The summed E-state index contributed by atoms with van der Waals surface area (Å²) < 4.78 is 13.0. The minimum Gasteiger partial charge on any atom is -0.396 e. The van der Waals surface area contributed by atoms with Crippen molar-refractivity contribution < 1.29 is 14.3 Å². The number of benzene rings is 1. The van der Waals surface area contributed by atoms with Gasteiger partial charge in [-0.3, -0.25) is 9.89 Å². The van der Waals surface area contributed by atoms with Crippen LogP contribution in [-0.2, 0) is 0 Å². The molecule has 1 amide bonds. The van der Waals surface area contributed by atoms with E-state index < -0.39 is 0 Å². The summed E-state index contributed by atoms with van der Waals surface area (Å²) in [6, 6.07) is 5.89. The van der Waals surface area contributed by atoms with Gasteiger partial charge in [0.2, 0.25) is 0 Å². The second kappa shape index (κ2) is 8.43. The second-order valence-corrected chi connectivity index (χ2v) is 5.54. The van der Waals surface area contributed by atoms with Crippen molar-refractivity contribution in [2.45, 2.75) is 26.2 Å². The molecule has 0 fully saturated rings. The van der Waals surface area contributed by atoms with Crippen LogP contribution in [0.3, 0.4) is 0 Å². The highest BCUT2D eigenvalue weighted by Gasteiger charge is 2.16. The number of aliphatic hydroxyl groups excluding tert-OH is 1. The number of nitrogens with zero attached hydrogens (tertiary/aromatic N) is 1. The van der Waals surface area contributed by atoms with Crippen molar-refractivity contribution in [1.82, 2.24) is 15.5 Å². The average molecular weight is 319 g/mol. The number of hydrogen-bond acceptors (Lipinski definition) is 3. The summed E-state index contributed by atoms with van der Waals surface area (Å²) in [7, 11) is 0. The number of halogens is 1. The zero-order chi connectivity index (χ0) is 16.7. The quantitative estimate of drug-likeness (QED) is 0.700. The van der Waals surface area contributed by atoms with E-state index >= 15 is 0 Å². The minimum absolute atomic E-state index is 0.118. The van der Waals surface area contributed by atoms with E-state index in [1.54, 1.807) is 12.1 Å². The van der Waals surface area contributed by atoms with Crippen molar-refractivity contribution in [1.29, 1.82) is 0 Å². The minimum atomic E-state index is -0.328. The van der Waals surface area contributed by atoms with E-state index in [1.807, 2.05) is 0 Å². The Labute approximate surface area is 134 Å². The predicted molar refractivity (Wildman–Crippen MR) is 86.4 cm³/mol. The van der Waals surface area contributed by atoms with Gasteiger partial charge in [0.15, 0.2) is 0 Å². The first-order chi connectivity index (χ1) is 11.2. The van der Waals surface area contributed by atoms with Crippen LogP contribution in [0.4, 0.5) is 4.39 Å². The smallest absolute Gasteiger partial charge is 0.255 e. The van der Waals surface area contributed by atoms with Crippen molar-refractivity contribution in [3.8, 4) is 11.3 Å². The Balaban J connectivity index is 2.06. The van der Waals surface area contributed by atoms with Crippen LogP contribution in [0.1, 0.15) is 36.5 Å². The number of carbonyl (C=O) groups excluding carboxylic acids is 1. The van der Waals surface area contributed by atoms with Crippen molar-refractivity contribution in [3.63, 3.8) is 0 Å². The molecular formula is C17H22FN3O2. The normalized spacial score (nSPS) is 12.1. The molecule has 0 bridgehead atoms. The number of nitrogens with one attached hydrogen (secondary N) is 2. The molecule has 1 aromatic heterocycles. The van der Waals surface area contributed by atoms with Crippen LogP contribution in [0, 0.1) is 11.7 Å². The fourth-order valence-electron chi connectivity index (χ4n) is 2.57. The third-order valence-electron chi connectivity index (χ3n) is 3.80. The van der Waals surface area contributed by atoms with Crippen LogP contribution in [0.5, 0.6) is 0 Å². The zero-order valence-electron chi connectivity index (χ0n) is 13.2. The number of aromatic nitrogens is 2. The molecule has 3 N–H and O–H groups in total. The zero-order valence-corrected chi connectivity index (χ0v) is 13.2. The monoisotopic (exact) mass is 319 g/mol. The standard InChI is InChI=1S/C17H22FN3O2/c1-2-3-12(8-9-22)10-19-17(23)15-11-20-21-16(15)13-4-6-14(18)7-5-13/h4-7,11-12,22H,2-3,8-10H2,1H3,(H,19,23)(H,20,21). The molecule has 0 aliphatic heterocycles. The summed E-state index contributed by atoms with van der Waals surface area (Å²) >= 11 is 0. The first-order valence-corrected chi connectivity index (χ1v) is 7.84. The maximum Gasteiger partial charge on any atom is 0.255 e. The van der Waals surface area contributed by atoms with Crippen molar-refractivity contribution in [2.75, 3.05) is 13.2 Å². The molecule has 0 spiro atoms. The highest BCUT2D eigenvalue weighted by atomic mass is 19.1. The van der Waals surface area contributed by atoms with E-state index in [0.717, 1.165) is 12.8 Å². The SMILES string of the molecule is CCCC(CCO)CNC(=O)c1cn[nH]c1-c1ccc(F)cc1. The number of rotatable bonds is 8. The molecular weight excluding hydrogens is 297 g/mol. The summed E-state index contributed by atoms with van der Waals surface area (Å²) in [5.41, 5.74) is 1.70. The number of carbonyl (C=O) groups is 1. The van der Waals surface area contributed by atoms with Gasteiger partial charge in [0, 0.05) is 18.7 Å². The molecule has 0 saturated carbocycles. The molecule has 2 aromatic rings. The van der Waals surface area contributed by atoms with Gasteiger partial charge < -0.3 is 10.4 Å². The lowest BCUT2D eigenvalue weighted by Gasteiger charge is -2.15. The molecule has 1 aromatic carbocycles. The number of aromatic amines is 1. The van der Waals surface area contributed by atoms with Gasteiger partial charge in [-0.05, 0) is 43.0 Å². The van der Waals surface area contributed by atoms with Gasteiger partial charge in [-0.1, -0.05) is 13.3 Å². The molecule has 1 heterocycles. The highest BCUT2D eigenvalue weighted by Crippen LogP contribution is 2.21. The summed E-state index contributed by atoms with van der Waals surface area (Å²) in [6.45, 7) is 2.71. The Hall–Kier alpha value is -2.21. The first-order valence-electron chi connectivity index (χ1n) is 7.84. The Kier molecular flexibility index (Phi) is 6.29. The molecule has 0 saturated heterocycles. The van der Waals surface area contributed by atoms with Gasteiger partial charge in [0.1, 0.15) is 5.82 Å². The third-order valence-corrected chi connectivity index (χ3v) is 3.80. The molecule has 1 unspecified atom stereocenters. The maximum absolute atomic E-state index is 13.0. The number of hydrogen-bond donors (Lipinski definition) is 3. The fraction of sp³-hybridized carbons (Fsp3) is 0.412. The summed E-state index contributed by atoms with van der Waals surface area (Å²) in [4.78, 5) is 12.4. The van der Waals surface area contributed by atoms with Crippen molar-refractivity contribution >= 4 is 5.91 Å². The summed E-state index contributed by atoms with van der Waals surface area (Å²) in [5.74, 6) is -0.294. The van der Waals surface area contributed by atoms with Crippen LogP contribution in [0.15, 0.2) is 30.5 Å². The largest absolute Gasteiger partial charge is 0.396 e. The first kappa shape index (κ1) is 17.1. The van der Waals surface area contributed by atoms with E-state index in [4.69, 9.17) is 5.11 Å². The van der Waals surface area contributed by atoms with Crippen LogP contribution in [-0.4, -0.2) is 34.4 Å². The van der Waals surface area contributed by atoms with Crippen molar-refractivity contribution in [2.24, 2.45) is 5.92 Å². The Bertz CT molecular complexity index is 619. The third kappa shape index (κ3) is 4.63. The molecule has 124 valence electrons. The van der Waals surface area contributed by atoms with E-state index in [9.17, 15) is 9.18 Å². The highest BCUT2D eigenvalue weighted by molar-refractivity contribution is 5.99. The van der Waals surface area contributed by atoms with Gasteiger partial charge in [-0.15, -0.1) is 0 Å². The molecule has 0 aliphatic carbocycles. The molecule has 23 heavy (non-hydrogen) atoms.